The van der Waals surface area contributed by atoms with Crippen molar-refractivity contribution in [2.45, 2.75) is 51.9 Å². The van der Waals surface area contributed by atoms with Crippen LogP contribution in [0, 0.1) is 5.82 Å². The fourth-order valence-electron chi connectivity index (χ4n) is 4.66. The smallest absolute Gasteiger partial charge is 0.158 e. The van der Waals surface area contributed by atoms with Crippen molar-refractivity contribution >= 4 is 10.8 Å². The van der Waals surface area contributed by atoms with Crippen LogP contribution in [-0.4, -0.2) is 12.9 Å². The van der Waals surface area contributed by atoms with E-state index in [1.54, 1.807) is 6.07 Å². The molecule has 1 aliphatic heterocycles. The highest BCUT2D eigenvalue weighted by atomic mass is 19.1. The Balaban J connectivity index is 1.30. The first-order valence-corrected chi connectivity index (χ1v) is 12.3. The minimum Gasteiger partial charge on any atom is -0.353 e. The quantitative estimate of drug-likeness (QED) is 0.279. The average Bonchev–Trinajstić information content (AvgIpc) is 2.88. The lowest BCUT2D eigenvalue weighted by Gasteiger charge is -2.22. The molecule has 0 aliphatic carbocycles. The molecule has 0 saturated carbocycles. The fourth-order valence-corrected chi connectivity index (χ4v) is 4.66. The van der Waals surface area contributed by atoms with Crippen LogP contribution in [0.5, 0.6) is 0 Å². The molecule has 3 heteroatoms. The number of rotatable bonds is 7. The lowest BCUT2D eigenvalue weighted by molar-refractivity contribution is -0.168. The van der Waals surface area contributed by atoms with Gasteiger partial charge in [-0.2, -0.15) is 0 Å². The predicted molar refractivity (Wildman–Crippen MR) is 137 cm³/mol. The Morgan fingerprint density at radius 3 is 2.29 bits per heavy atom. The molecule has 0 spiro atoms. The van der Waals surface area contributed by atoms with Crippen LogP contribution in [0.4, 0.5) is 4.39 Å². The van der Waals surface area contributed by atoms with Crippen LogP contribution in [-0.2, 0) is 22.5 Å². The minimum atomic E-state index is -0.207. The number of hydrogen-bond donors (Lipinski definition) is 0. The normalized spacial score (nSPS) is 16.1. The molecule has 0 radical (unpaired) electrons. The molecule has 1 aliphatic rings. The van der Waals surface area contributed by atoms with Gasteiger partial charge in [-0.15, -0.1) is 0 Å². The number of aryl methyl sites for hydroxylation is 1. The van der Waals surface area contributed by atoms with Gasteiger partial charge in [0.2, 0.25) is 0 Å². The molecule has 0 aromatic heterocycles. The number of benzene rings is 4. The Morgan fingerprint density at radius 1 is 0.794 bits per heavy atom. The second-order valence-electron chi connectivity index (χ2n) is 9.14. The summed E-state index contributed by atoms with van der Waals surface area (Å²) in [6, 6.07) is 26.4. The van der Waals surface area contributed by atoms with Crippen LogP contribution in [0.1, 0.15) is 43.7 Å². The van der Waals surface area contributed by atoms with Crippen LogP contribution < -0.4 is 0 Å². The molecule has 1 unspecified atom stereocenters. The molecule has 1 saturated heterocycles. The van der Waals surface area contributed by atoms with E-state index in [2.05, 4.69) is 37.3 Å². The van der Waals surface area contributed by atoms with Gasteiger partial charge < -0.3 is 9.47 Å². The molecular formula is C31H31FO2. The number of ether oxygens (including phenoxy) is 2. The molecule has 1 atom stereocenters. The maximum absolute atomic E-state index is 15.2. The van der Waals surface area contributed by atoms with Gasteiger partial charge in [0.25, 0.3) is 0 Å². The second kappa shape index (κ2) is 10.5. The van der Waals surface area contributed by atoms with E-state index in [4.69, 9.17) is 9.47 Å². The molecule has 0 N–H and O–H groups in total. The summed E-state index contributed by atoms with van der Waals surface area (Å²) in [4.78, 5) is 0. The van der Waals surface area contributed by atoms with E-state index in [-0.39, 0.29) is 12.1 Å². The zero-order valence-corrected chi connectivity index (χ0v) is 19.7. The van der Waals surface area contributed by atoms with Crippen LogP contribution >= 0.6 is 0 Å². The standard InChI is InChI=1S/C31H31FO2/c1-2-5-22-7-12-26-19-28(14-13-25(26)18-22)29-16-15-27(20-30(29)32)24-10-8-23(9-11-24)21-34-31-6-3-4-17-33-31/h7-16,18-20,31H,2-6,17,21H2,1H3. The van der Waals surface area contributed by atoms with Crippen LogP contribution in [0.15, 0.2) is 78.9 Å². The first kappa shape index (κ1) is 22.8. The molecule has 5 rings (SSSR count). The summed E-state index contributed by atoms with van der Waals surface area (Å²) in [5, 5.41) is 2.34. The van der Waals surface area contributed by atoms with Gasteiger partial charge in [-0.1, -0.05) is 80.1 Å². The molecule has 174 valence electrons. The topological polar surface area (TPSA) is 18.5 Å². The zero-order valence-electron chi connectivity index (χ0n) is 19.7. The second-order valence-corrected chi connectivity index (χ2v) is 9.14. The van der Waals surface area contributed by atoms with Crippen molar-refractivity contribution in [3.05, 3.63) is 95.8 Å². The predicted octanol–water partition coefficient (Wildman–Crippen LogP) is 8.31. The van der Waals surface area contributed by atoms with Gasteiger partial charge in [0.05, 0.1) is 6.61 Å². The summed E-state index contributed by atoms with van der Waals surface area (Å²) in [7, 11) is 0. The third-order valence-electron chi connectivity index (χ3n) is 6.58. The van der Waals surface area contributed by atoms with Crippen molar-refractivity contribution in [3.8, 4) is 22.3 Å². The Kier molecular flexibility index (Phi) is 7.03. The van der Waals surface area contributed by atoms with Gasteiger partial charge in [-0.25, -0.2) is 4.39 Å². The van der Waals surface area contributed by atoms with E-state index < -0.39 is 0 Å². The highest BCUT2D eigenvalue weighted by molar-refractivity contribution is 5.88. The summed E-state index contributed by atoms with van der Waals surface area (Å²) in [5.41, 5.74) is 5.82. The van der Waals surface area contributed by atoms with Gasteiger partial charge >= 0.3 is 0 Å². The van der Waals surface area contributed by atoms with Gasteiger partial charge in [-0.05, 0) is 76.4 Å². The summed E-state index contributed by atoms with van der Waals surface area (Å²) in [5.74, 6) is -0.207. The first-order valence-electron chi connectivity index (χ1n) is 12.3. The lowest BCUT2D eigenvalue weighted by atomic mass is 9.96. The zero-order chi connectivity index (χ0) is 23.3. The van der Waals surface area contributed by atoms with Crippen molar-refractivity contribution in [1.29, 1.82) is 0 Å². The Hall–Kier alpha value is -3.01. The van der Waals surface area contributed by atoms with Gasteiger partial charge in [-0.3, -0.25) is 0 Å². The van der Waals surface area contributed by atoms with E-state index in [0.29, 0.717) is 12.2 Å². The third kappa shape index (κ3) is 5.22. The molecule has 34 heavy (non-hydrogen) atoms. The first-order chi connectivity index (χ1) is 16.7. The highest BCUT2D eigenvalue weighted by Crippen LogP contribution is 2.31. The van der Waals surface area contributed by atoms with Crippen molar-refractivity contribution in [3.63, 3.8) is 0 Å². The summed E-state index contributed by atoms with van der Waals surface area (Å²) < 4.78 is 26.7. The van der Waals surface area contributed by atoms with Crippen molar-refractivity contribution < 1.29 is 13.9 Å². The largest absolute Gasteiger partial charge is 0.353 e. The van der Waals surface area contributed by atoms with E-state index in [1.807, 2.05) is 42.5 Å². The molecule has 2 nitrogen and oxygen atoms in total. The molecular weight excluding hydrogens is 423 g/mol. The Morgan fingerprint density at radius 2 is 1.53 bits per heavy atom. The van der Waals surface area contributed by atoms with E-state index in [0.717, 1.165) is 66.4 Å². The van der Waals surface area contributed by atoms with E-state index in [9.17, 15) is 0 Å². The molecule has 1 heterocycles. The molecule has 1 fully saturated rings. The molecule has 4 aromatic rings. The van der Waals surface area contributed by atoms with Gasteiger partial charge in [0, 0.05) is 12.2 Å². The Bertz CT molecular complexity index is 1260. The summed E-state index contributed by atoms with van der Waals surface area (Å²) in [6.07, 6.45) is 5.35. The molecule has 4 aromatic carbocycles. The minimum absolute atomic E-state index is 0.0939. The van der Waals surface area contributed by atoms with Gasteiger partial charge in [0.1, 0.15) is 5.82 Å². The van der Waals surface area contributed by atoms with Crippen LogP contribution in [0.3, 0.4) is 0 Å². The highest BCUT2D eigenvalue weighted by Gasteiger charge is 2.14. The number of hydrogen-bond acceptors (Lipinski definition) is 2. The van der Waals surface area contributed by atoms with Crippen molar-refractivity contribution in [1.82, 2.24) is 0 Å². The molecule has 0 amide bonds. The van der Waals surface area contributed by atoms with Crippen LogP contribution in [0.25, 0.3) is 33.0 Å². The Labute approximate surface area is 201 Å². The summed E-state index contributed by atoms with van der Waals surface area (Å²) >= 11 is 0. The monoisotopic (exact) mass is 454 g/mol. The van der Waals surface area contributed by atoms with Crippen molar-refractivity contribution in [2.24, 2.45) is 0 Å². The van der Waals surface area contributed by atoms with Gasteiger partial charge in [0.15, 0.2) is 6.29 Å². The number of fused-ring (bicyclic) bond motifs is 1. The fraction of sp³-hybridized carbons (Fsp3) is 0.290. The molecule has 0 bridgehead atoms. The van der Waals surface area contributed by atoms with Crippen LogP contribution in [0.2, 0.25) is 0 Å². The van der Waals surface area contributed by atoms with E-state index in [1.165, 1.54) is 10.9 Å². The number of halogens is 1. The SMILES string of the molecule is CCCc1ccc2cc(-c3ccc(-c4ccc(COC5CCCCO5)cc4)cc3F)ccc2c1. The summed E-state index contributed by atoms with van der Waals surface area (Å²) in [6.45, 7) is 3.50. The third-order valence-corrected chi connectivity index (χ3v) is 6.58. The average molecular weight is 455 g/mol. The lowest BCUT2D eigenvalue weighted by Crippen LogP contribution is -2.21. The van der Waals surface area contributed by atoms with Crippen molar-refractivity contribution in [2.75, 3.05) is 6.61 Å². The maximum Gasteiger partial charge on any atom is 0.158 e. The maximum atomic E-state index is 15.2. The van der Waals surface area contributed by atoms with E-state index >= 15 is 4.39 Å².